The van der Waals surface area contributed by atoms with E-state index in [0.717, 1.165) is 12.2 Å². The van der Waals surface area contributed by atoms with Gasteiger partial charge in [-0.25, -0.2) is 0 Å². The molecule has 0 radical (unpaired) electrons. The Balaban J connectivity index is 4.25. The number of carbonyl (C=O) groups excluding carboxylic acids is 1. The van der Waals surface area contributed by atoms with E-state index in [9.17, 15) is 4.79 Å². The van der Waals surface area contributed by atoms with Gasteiger partial charge in [-0.15, -0.1) is 0 Å². The van der Waals surface area contributed by atoms with Gasteiger partial charge in [0.05, 0.1) is 0 Å². The van der Waals surface area contributed by atoms with Gasteiger partial charge >= 0.3 is 0 Å². The standard InChI is InChI=1S/C10H21NO2S/c1-6-9(7-14-5)11(3)10(12)8(2)13-4/h8-9H,6-7H2,1-5H3. The van der Waals surface area contributed by atoms with Crippen LogP contribution in [0.15, 0.2) is 0 Å². The molecule has 0 heterocycles. The maximum atomic E-state index is 11.7. The van der Waals surface area contributed by atoms with Crippen LogP contribution in [-0.4, -0.2) is 49.1 Å². The van der Waals surface area contributed by atoms with Crippen LogP contribution in [-0.2, 0) is 9.53 Å². The van der Waals surface area contributed by atoms with Crippen molar-refractivity contribution >= 4 is 17.7 Å². The topological polar surface area (TPSA) is 29.5 Å². The first-order valence-electron chi connectivity index (χ1n) is 4.86. The molecule has 14 heavy (non-hydrogen) atoms. The second kappa shape index (κ2) is 7.12. The number of likely N-dealkylation sites (N-methyl/N-ethyl adjacent to an activating group) is 1. The van der Waals surface area contributed by atoms with Crippen LogP contribution in [0.3, 0.4) is 0 Å². The van der Waals surface area contributed by atoms with Crippen molar-refractivity contribution in [1.29, 1.82) is 0 Å². The zero-order valence-electron chi connectivity index (χ0n) is 9.74. The Labute approximate surface area is 91.2 Å². The first kappa shape index (κ1) is 13.8. The fraction of sp³-hybridized carbons (Fsp3) is 0.900. The van der Waals surface area contributed by atoms with Gasteiger partial charge in [0.2, 0.25) is 0 Å². The number of thioether (sulfide) groups is 1. The lowest BCUT2D eigenvalue weighted by Gasteiger charge is -2.28. The highest BCUT2D eigenvalue weighted by Crippen LogP contribution is 2.10. The molecule has 0 aliphatic carbocycles. The number of hydrogen-bond donors (Lipinski definition) is 0. The summed E-state index contributed by atoms with van der Waals surface area (Å²) < 4.78 is 5.01. The van der Waals surface area contributed by atoms with Crippen LogP contribution < -0.4 is 0 Å². The predicted molar refractivity (Wildman–Crippen MR) is 61.7 cm³/mol. The first-order valence-corrected chi connectivity index (χ1v) is 6.26. The van der Waals surface area contributed by atoms with E-state index in [-0.39, 0.29) is 12.0 Å². The Hall–Kier alpha value is -0.220. The lowest BCUT2D eigenvalue weighted by Crippen LogP contribution is -2.43. The van der Waals surface area contributed by atoms with E-state index in [1.165, 1.54) is 0 Å². The Morgan fingerprint density at radius 1 is 1.57 bits per heavy atom. The molecule has 0 aromatic rings. The third-order valence-corrected chi connectivity index (χ3v) is 3.15. The first-order chi connectivity index (χ1) is 6.58. The molecule has 84 valence electrons. The van der Waals surface area contributed by atoms with Gasteiger partial charge < -0.3 is 9.64 Å². The second-order valence-corrected chi connectivity index (χ2v) is 4.26. The molecule has 4 heteroatoms. The minimum Gasteiger partial charge on any atom is -0.372 e. The third kappa shape index (κ3) is 3.88. The number of methoxy groups -OCH3 is 1. The number of nitrogens with zero attached hydrogens (tertiary/aromatic N) is 1. The number of hydrogen-bond acceptors (Lipinski definition) is 3. The van der Waals surface area contributed by atoms with E-state index in [1.807, 2.05) is 7.05 Å². The van der Waals surface area contributed by atoms with Crippen LogP contribution in [0.2, 0.25) is 0 Å². The Morgan fingerprint density at radius 3 is 2.50 bits per heavy atom. The van der Waals surface area contributed by atoms with Gasteiger partial charge in [0, 0.05) is 26.0 Å². The van der Waals surface area contributed by atoms with Gasteiger partial charge in [-0.05, 0) is 19.6 Å². The molecule has 0 saturated carbocycles. The quantitative estimate of drug-likeness (QED) is 0.680. The summed E-state index contributed by atoms with van der Waals surface area (Å²) in [7, 11) is 3.41. The van der Waals surface area contributed by atoms with Gasteiger partial charge in [-0.2, -0.15) is 11.8 Å². The largest absolute Gasteiger partial charge is 0.372 e. The molecule has 2 atom stereocenters. The summed E-state index contributed by atoms with van der Waals surface area (Å²) in [6.07, 6.45) is 2.70. The van der Waals surface area contributed by atoms with E-state index < -0.39 is 0 Å². The van der Waals surface area contributed by atoms with Crippen LogP contribution in [0.1, 0.15) is 20.3 Å². The van der Waals surface area contributed by atoms with Gasteiger partial charge in [-0.3, -0.25) is 4.79 Å². The normalized spacial score (nSPS) is 14.9. The summed E-state index contributed by atoms with van der Waals surface area (Å²) in [6, 6.07) is 0.315. The van der Waals surface area contributed by atoms with Gasteiger partial charge in [0.1, 0.15) is 6.10 Å². The van der Waals surface area contributed by atoms with Gasteiger partial charge in [0.15, 0.2) is 0 Å². The van der Waals surface area contributed by atoms with E-state index in [4.69, 9.17) is 4.74 Å². The van der Waals surface area contributed by atoms with Crippen LogP contribution in [0, 0.1) is 0 Å². The van der Waals surface area contributed by atoms with Crippen molar-refractivity contribution in [3.63, 3.8) is 0 Å². The zero-order valence-corrected chi connectivity index (χ0v) is 10.6. The van der Waals surface area contributed by atoms with Crippen LogP contribution in [0.4, 0.5) is 0 Å². The molecule has 1 amide bonds. The van der Waals surface area contributed by atoms with Crippen LogP contribution >= 0.6 is 11.8 Å². The molecule has 0 aliphatic rings. The van der Waals surface area contributed by atoms with Crippen molar-refractivity contribution in [2.45, 2.75) is 32.4 Å². The zero-order chi connectivity index (χ0) is 11.1. The Bertz CT molecular complexity index is 176. The molecule has 2 unspecified atom stereocenters. The summed E-state index contributed by atoms with van der Waals surface area (Å²) in [4.78, 5) is 13.5. The van der Waals surface area contributed by atoms with E-state index in [0.29, 0.717) is 6.04 Å². The molecule has 0 aromatic carbocycles. The summed E-state index contributed by atoms with van der Waals surface area (Å²) in [6.45, 7) is 3.88. The van der Waals surface area contributed by atoms with Crippen molar-refractivity contribution in [3.8, 4) is 0 Å². The smallest absolute Gasteiger partial charge is 0.251 e. The van der Waals surface area contributed by atoms with Crippen molar-refractivity contribution < 1.29 is 9.53 Å². The lowest BCUT2D eigenvalue weighted by molar-refractivity contribution is -0.141. The van der Waals surface area contributed by atoms with E-state index in [2.05, 4.69) is 13.2 Å². The van der Waals surface area contributed by atoms with Gasteiger partial charge in [-0.1, -0.05) is 6.92 Å². The predicted octanol–water partition coefficient (Wildman–Crippen LogP) is 1.62. The Morgan fingerprint density at radius 2 is 2.14 bits per heavy atom. The highest BCUT2D eigenvalue weighted by molar-refractivity contribution is 7.98. The minimum absolute atomic E-state index is 0.0633. The van der Waals surface area contributed by atoms with E-state index >= 15 is 0 Å². The highest BCUT2D eigenvalue weighted by atomic mass is 32.2. The molecule has 0 saturated heterocycles. The molecule has 0 spiro atoms. The molecule has 0 aromatic heterocycles. The van der Waals surface area contributed by atoms with Gasteiger partial charge in [0.25, 0.3) is 5.91 Å². The fourth-order valence-electron chi connectivity index (χ4n) is 1.26. The number of ether oxygens (including phenoxy) is 1. The third-order valence-electron chi connectivity index (χ3n) is 2.43. The molecule has 3 nitrogen and oxygen atoms in total. The Kier molecular flexibility index (Phi) is 7.01. The summed E-state index contributed by atoms with van der Waals surface area (Å²) in [5.41, 5.74) is 0. The molecule has 0 fully saturated rings. The number of carbonyl (C=O) groups is 1. The van der Waals surface area contributed by atoms with Crippen molar-refractivity contribution in [2.24, 2.45) is 0 Å². The molecule has 0 N–H and O–H groups in total. The molecule has 0 rings (SSSR count). The van der Waals surface area contributed by atoms with Crippen molar-refractivity contribution in [3.05, 3.63) is 0 Å². The number of amides is 1. The maximum Gasteiger partial charge on any atom is 0.251 e. The molecule has 0 aliphatic heterocycles. The molecular weight excluding hydrogens is 198 g/mol. The summed E-state index contributed by atoms with van der Waals surface area (Å²) >= 11 is 1.76. The summed E-state index contributed by atoms with van der Waals surface area (Å²) in [5, 5.41) is 0. The monoisotopic (exact) mass is 219 g/mol. The SMILES string of the molecule is CCC(CSC)N(C)C(=O)C(C)OC. The maximum absolute atomic E-state index is 11.7. The second-order valence-electron chi connectivity index (χ2n) is 3.34. The molecule has 0 bridgehead atoms. The average molecular weight is 219 g/mol. The highest BCUT2D eigenvalue weighted by Gasteiger charge is 2.22. The van der Waals surface area contributed by atoms with Crippen LogP contribution in [0.25, 0.3) is 0 Å². The molecular formula is C10H21NO2S. The minimum atomic E-state index is -0.337. The lowest BCUT2D eigenvalue weighted by atomic mass is 10.2. The van der Waals surface area contributed by atoms with Crippen molar-refractivity contribution in [1.82, 2.24) is 4.90 Å². The van der Waals surface area contributed by atoms with Crippen molar-refractivity contribution in [2.75, 3.05) is 26.2 Å². The van der Waals surface area contributed by atoms with E-state index in [1.54, 1.807) is 30.7 Å². The van der Waals surface area contributed by atoms with Crippen LogP contribution in [0.5, 0.6) is 0 Å². The number of rotatable bonds is 6. The fourth-order valence-corrected chi connectivity index (χ4v) is 2.11. The average Bonchev–Trinajstić information content (AvgIpc) is 2.22. The summed E-state index contributed by atoms with van der Waals surface area (Å²) in [5.74, 6) is 1.04.